The number of carboxylic acids is 1. The molecule has 1 aromatic rings. The number of nitrogens with one attached hydrogen (secondary N) is 1. The van der Waals surface area contributed by atoms with Crippen LogP contribution >= 0.6 is 0 Å². The van der Waals surface area contributed by atoms with E-state index >= 15 is 0 Å². The number of halogens is 1. The van der Waals surface area contributed by atoms with Crippen molar-refractivity contribution in [2.75, 3.05) is 0 Å². The van der Waals surface area contributed by atoms with Gasteiger partial charge in [-0.05, 0) is 49.3 Å². The lowest BCUT2D eigenvalue weighted by molar-refractivity contribution is 0.0695. The molecule has 0 aliphatic heterocycles. The first kappa shape index (κ1) is 15.5. The molecule has 1 aliphatic carbocycles. The van der Waals surface area contributed by atoms with Crippen LogP contribution in [0.2, 0.25) is 0 Å². The van der Waals surface area contributed by atoms with Crippen LogP contribution in [0.5, 0.6) is 0 Å². The molecule has 3 unspecified atom stereocenters. The third-order valence-corrected chi connectivity index (χ3v) is 4.21. The monoisotopic (exact) mass is 293 g/mol. The van der Waals surface area contributed by atoms with Crippen molar-refractivity contribution in [3.8, 4) is 0 Å². The van der Waals surface area contributed by atoms with Gasteiger partial charge in [-0.15, -0.1) is 0 Å². The Balaban J connectivity index is 2.08. The minimum absolute atomic E-state index is 0.0484. The predicted octanol–water partition coefficient (Wildman–Crippen LogP) is 3.08. The number of carbonyl (C=O) groups excluding carboxylic acids is 1. The van der Waals surface area contributed by atoms with Gasteiger partial charge in [-0.1, -0.05) is 13.8 Å². The maximum atomic E-state index is 13.9. The lowest BCUT2D eigenvalue weighted by atomic mass is 9.80. The molecule has 0 saturated heterocycles. The summed E-state index contributed by atoms with van der Waals surface area (Å²) in [6, 6.07) is 3.40. The topological polar surface area (TPSA) is 66.4 Å². The van der Waals surface area contributed by atoms with E-state index < -0.39 is 17.7 Å². The third kappa shape index (κ3) is 3.60. The Morgan fingerprint density at radius 2 is 2.00 bits per heavy atom. The molecule has 0 bridgehead atoms. The normalized spacial score (nSPS) is 25.4. The van der Waals surface area contributed by atoms with Crippen LogP contribution in [0, 0.1) is 17.7 Å². The standard InChI is InChI=1S/C16H20FNO3/c1-9-3-6-14(10(2)7-9)18-15(19)12-5-4-11(16(20)21)8-13(12)17/h4-5,8-10,14H,3,6-7H2,1-2H3,(H,18,19)(H,20,21). The Bertz CT molecular complexity index is 558. The van der Waals surface area contributed by atoms with Gasteiger partial charge in [0, 0.05) is 6.04 Å². The Labute approximate surface area is 123 Å². The summed E-state index contributed by atoms with van der Waals surface area (Å²) in [5.41, 5.74) is -0.269. The van der Waals surface area contributed by atoms with Crippen molar-refractivity contribution in [1.82, 2.24) is 5.32 Å². The minimum Gasteiger partial charge on any atom is -0.478 e. The highest BCUT2D eigenvalue weighted by Gasteiger charge is 2.27. The van der Waals surface area contributed by atoms with Crippen LogP contribution in [0.25, 0.3) is 0 Å². The quantitative estimate of drug-likeness (QED) is 0.900. The Kier molecular flexibility index (Phi) is 4.60. The molecule has 2 N–H and O–H groups in total. The first-order valence-corrected chi connectivity index (χ1v) is 7.22. The fraction of sp³-hybridized carbons (Fsp3) is 0.500. The van der Waals surface area contributed by atoms with Crippen molar-refractivity contribution in [3.63, 3.8) is 0 Å². The van der Waals surface area contributed by atoms with E-state index in [0.29, 0.717) is 11.8 Å². The fourth-order valence-corrected chi connectivity index (χ4v) is 2.96. The number of carboxylic acid groups (broad SMARTS) is 1. The second kappa shape index (κ2) is 6.24. The summed E-state index contributed by atoms with van der Waals surface area (Å²) in [5, 5.41) is 11.7. The fourth-order valence-electron chi connectivity index (χ4n) is 2.96. The van der Waals surface area contributed by atoms with Crippen LogP contribution in [0.3, 0.4) is 0 Å². The molecule has 0 spiro atoms. The molecule has 1 aliphatic rings. The number of hydrogen-bond acceptors (Lipinski definition) is 2. The zero-order chi connectivity index (χ0) is 15.6. The van der Waals surface area contributed by atoms with Gasteiger partial charge in [-0.2, -0.15) is 0 Å². The lowest BCUT2D eigenvalue weighted by Gasteiger charge is -2.33. The summed E-state index contributed by atoms with van der Waals surface area (Å²) in [6.07, 6.45) is 2.99. The summed E-state index contributed by atoms with van der Waals surface area (Å²) >= 11 is 0. The molecular formula is C16H20FNO3. The number of aromatic carboxylic acids is 1. The van der Waals surface area contributed by atoms with Crippen molar-refractivity contribution >= 4 is 11.9 Å². The molecule has 3 atom stereocenters. The molecule has 1 saturated carbocycles. The number of carbonyl (C=O) groups is 2. The highest BCUT2D eigenvalue weighted by molar-refractivity contribution is 5.96. The first-order valence-electron chi connectivity index (χ1n) is 7.22. The van der Waals surface area contributed by atoms with E-state index in [-0.39, 0.29) is 17.2 Å². The van der Waals surface area contributed by atoms with Crippen molar-refractivity contribution in [1.29, 1.82) is 0 Å². The summed E-state index contributed by atoms with van der Waals surface area (Å²) in [6.45, 7) is 4.28. The first-order chi connectivity index (χ1) is 9.88. The smallest absolute Gasteiger partial charge is 0.335 e. The van der Waals surface area contributed by atoms with E-state index in [2.05, 4.69) is 19.2 Å². The highest BCUT2D eigenvalue weighted by Crippen LogP contribution is 2.28. The highest BCUT2D eigenvalue weighted by atomic mass is 19.1. The molecule has 1 amide bonds. The van der Waals surface area contributed by atoms with Crippen LogP contribution in [-0.2, 0) is 0 Å². The van der Waals surface area contributed by atoms with Crippen molar-refractivity contribution in [2.45, 2.75) is 39.2 Å². The Morgan fingerprint density at radius 1 is 1.29 bits per heavy atom. The van der Waals surface area contributed by atoms with Gasteiger partial charge < -0.3 is 10.4 Å². The molecule has 0 heterocycles. The number of benzene rings is 1. The lowest BCUT2D eigenvalue weighted by Crippen LogP contribution is -2.42. The zero-order valence-corrected chi connectivity index (χ0v) is 12.2. The van der Waals surface area contributed by atoms with Crippen LogP contribution in [0.15, 0.2) is 18.2 Å². The number of hydrogen-bond donors (Lipinski definition) is 2. The van der Waals surface area contributed by atoms with Crippen LogP contribution < -0.4 is 5.32 Å². The predicted molar refractivity (Wildman–Crippen MR) is 76.8 cm³/mol. The summed E-state index contributed by atoms with van der Waals surface area (Å²) < 4.78 is 13.9. The Hall–Kier alpha value is -1.91. The molecule has 1 fully saturated rings. The van der Waals surface area contributed by atoms with Gasteiger partial charge in [0.05, 0.1) is 11.1 Å². The average Bonchev–Trinajstić information content (AvgIpc) is 2.41. The third-order valence-electron chi connectivity index (χ3n) is 4.21. The molecule has 0 radical (unpaired) electrons. The second-order valence-electron chi connectivity index (χ2n) is 5.98. The van der Waals surface area contributed by atoms with E-state index in [9.17, 15) is 14.0 Å². The van der Waals surface area contributed by atoms with Crippen molar-refractivity contribution in [2.24, 2.45) is 11.8 Å². The van der Waals surface area contributed by atoms with Gasteiger partial charge in [-0.3, -0.25) is 4.79 Å². The van der Waals surface area contributed by atoms with Gasteiger partial charge >= 0.3 is 5.97 Å². The van der Waals surface area contributed by atoms with E-state index in [0.717, 1.165) is 25.3 Å². The van der Waals surface area contributed by atoms with E-state index in [1.165, 1.54) is 12.1 Å². The largest absolute Gasteiger partial charge is 0.478 e. The van der Waals surface area contributed by atoms with Crippen LogP contribution in [-0.4, -0.2) is 23.0 Å². The zero-order valence-electron chi connectivity index (χ0n) is 12.2. The second-order valence-corrected chi connectivity index (χ2v) is 5.98. The molecule has 1 aromatic carbocycles. The molecule has 4 nitrogen and oxygen atoms in total. The molecule has 5 heteroatoms. The van der Waals surface area contributed by atoms with E-state index in [1.807, 2.05) is 0 Å². The van der Waals surface area contributed by atoms with Gasteiger partial charge in [0.1, 0.15) is 5.82 Å². The van der Waals surface area contributed by atoms with Crippen molar-refractivity contribution < 1.29 is 19.1 Å². The molecular weight excluding hydrogens is 273 g/mol. The maximum absolute atomic E-state index is 13.9. The van der Waals surface area contributed by atoms with Gasteiger partial charge in [0.2, 0.25) is 0 Å². The summed E-state index contributed by atoms with van der Waals surface area (Å²) in [4.78, 5) is 22.9. The molecule has 2 rings (SSSR count). The SMILES string of the molecule is CC1CCC(NC(=O)c2ccc(C(=O)O)cc2F)C(C)C1. The van der Waals surface area contributed by atoms with Crippen LogP contribution in [0.1, 0.15) is 53.8 Å². The summed E-state index contributed by atoms with van der Waals surface area (Å²) in [7, 11) is 0. The number of amides is 1. The van der Waals surface area contributed by atoms with Gasteiger partial charge in [0.25, 0.3) is 5.91 Å². The summed E-state index contributed by atoms with van der Waals surface area (Å²) in [5.74, 6) is -1.48. The molecule has 0 aromatic heterocycles. The van der Waals surface area contributed by atoms with E-state index in [4.69, 9.17) is 5.11 Å². The Morgan fingerprint density at radius 3 is 2.57 bits per heavy atom. The van der Waals surface area contributed by atoms with Crippen LogP contribution in [0.4, 0.5) is 4.39 Å². The van der Waals surface area contributed by atoms with Gasteiger partial charge in [-0.25, -0.2) is 9.18 Å². The van der Waals surface area contributed by atoms with E-state index in [1.54, 1.807) is 0 Å². The molecule has 21 heavy (non-hydrogen) atoms. The minimum atomic E-state index is -1.21. The van der Waals surface area contributed by atoms with Crippen molar-refractivity contribution in [3.05, 3.63) is 35.1 Å². The number of rotatable bonds is 3. The molecule has 114 valence electrons. The van der Waals surface area contributed by atoms with Gasteiger partial charge in [0.15, 0.2) is 0 Å². The maximum Gasteiger partial charge on any atom is 0.335 e. The average molecular weight is 293 g/mol.